The van der Waals surface area contributed by atoms with E-state index in [0.717, 1.165) is 88.3 Å². The van der Waals surface area contributed by atoms with Crippen LogP contribution in [-0.4, -0.2) is 13.7 Å². The zero-order valence-corrected chi connectivity index (χ0v) is 30.7. The zero-order valence-electron chi connectivity index (χ0n) is 35.7. The average molecular weight is 731 g/mol. The summed E-state index contributed by atoms with van der Waals surface area (Å²) < 4.78 is 50.7. The smallest absolute Gasteiger partial charge is 0.0645 e. The predicted molar refractivity (Wildman–Crippen MR) is 240 cm³/mol. The van der Waals surface area contributed by atoms with Gasteiger partial charge in [-0.3, -0.25) is 0 Å². The summed E-state index contributed by atoms with van der Waals surface area (Å²) in [5, 5.41) is 6.48. The Morgan fingerprint density at radius 2 is 0.579 bits per heavy atom. The molecular formula is C54H35N3. The highest BCUT2D eigenvalue weighted by molar-refractivity contribution is 6.14. The van der Waals surface area contributed by atoms with Crippen molar-refractivity contribution < 1.29 is 6.85 Å². The maximum atomic E-state index is 9.20. The number of fused-ring (bicyclic) bond motifs is 9. The Morgan fingerprint density at radius 1 is 0.263 bits per heavy atom. The summed E-state index contributed by atoms with van der Waals surface area (Å²) in [6, 6.07) is 61.7. The molecule has 0 bridgehead atoms. The van der Waals surface area contributed by atoms with E-state index in [1.54, 1.807) is 0 Å². The lowest BCUT2D eigenvalue weighted by atomic mass is 10.00. The number of hydrogen-bond donors (Lipinski definition) is 0. The van der Waals surface area contributed by atoms with Gasteiger partial charge in [0.15, 0.2) is 0 Å². The molecule has 0 fully saturated rings. The van der Waals surface area contributed by atoms with Crippen LogP contribution >= 0.6 is 0 Å². The second-order valence-electron chi connectivity index (χ2n) is 14.6. The van der Waals surface area contributed by atoms with E-state index in [1.807, 2.05) is 16.7 Å². The summed E-state index contributed by atoms with van der Waals surface area (Å²) in [5.74, 6) is 0. The minimum Gasteiger partial charge on any atom is -0.309 e. The van der Waals surface area contributed by atoms with E-state index in [0.29, 0.717) is 0 Å². The molecule has 0 saturated heterocycles. The summed E-state index contributed by atoms with van der Waals surface area (Å²) >= 11 is 0. The number of rotatable bonds is 5. The maximum absolute atomic E-state index is 9.20. The van der Waals surface area contributed by atoms with E-state index in [4.69, 9.17) is 4.11 Å². The maximum Gasteiger partial charge on any atom is 0.0645 e. The Balaban J connectivity index is 1.10. The van der Waals surface area contributed by atoms with Gasteiger partial charge in [0, 0.05) is 49.4 Å². The van der Waals surface area contributed by atoms with Crippen molar-refractivity contribution in [3.05, 3.63) is 212 Å². The third-order valence-electron chi connectivity index (χ3n) is 11.5. The standard InChI is InChI=1S/C54H35N3/c1-4-14-40(15-5-1)55-49-22-12-10-20-43(49)45-28-24-36(32-51(45)55)38-26-30-47-48-31-27-39(35-54(48)57(53(47)34-38)42-18-8-3-9-19-42)37-25-29-46-44-21-11-13-23-50(44)56(52(46)33-37)41-16-6-2-7-17-41/h1-35H/i3D,8D,9D,18D,19D. The molecular weight excluding hydrogens is 691 g/mol. The highest BCUT2D eigenvalue weighted by Gasteiger charge is 2.18. The van der Waals surface area contributed by atoms with Crippen molar-refractivity contribution in [1.82, 2.24) is 13.7 Å². The Labute approximate surface area is 336 Å². The van der Waals surface area contributed by atoms with Crippen molar-refractivity contribution in [2.24, 2.45) is 0 Å². The van der Waals surface area contributed by atoms with Crippen molar-refractivity contribution in [2.75, 3.05) is 0 Å². The first kappa shape index (κ1) is 27.0. The minimum absolute atomic E-state index is 0.115. The molecule has 3 aromatic heterocycles. The van der Waals surface area contributed by atoms with Gasteiger partial charge in [-0.15, -0.1) is 0 Å². The highest BCUT2D eigenvalue weighted by atomic mass is 15.0. The molecule has 57 heavy (non-hydrogen) atoms. The summed E-state index contributed by atoms with van der Waals surface area (Å²) in [7, 11) is 0. The second-order valence-corrected chi connectivity index (χ2v) is 14.6. The molecule has 0 saturated carbocycles. The van der Waals surface area contributed by atoms with Gasteiger partial charge in [-0.25, -0.2) is 0 Å². The average Bonchev–Trinajstić information content (AvgIpc) is 3.95. The van der Waals surface area contributed by atoms with Crippen LogP contribution in [-0.2, 0) is 0 Å². The summed E-state index contributed by atoms with van der Waals surface area (Å²) in [5.41, 5.74) is 12.0. The Morgan fingerprint density at radius 3 is 0.965 bits per heavy atom. The van der Waals surface area contributed by atoms with E-state index >= 15 is 0 Å². The van der Waals surface area contributed by atoms with Gasteiger partial charge in [-0.1, -0.05) is 139 Å². The van der Waals surface area contributed by atoms with Gasteiger partial charge in [-0.05, 0) is 95.0 Å². The molecule has 0 aliphatic rings. The molecule has 3 heterocycles. The molecule has 0 radical (unpaired) electrons. The number of aromatic nitrogens is 3. The first-order valence-corrected chi connectivity index (χ1v) is 19.2. The normalized spacial score (nSPS) is 13.1. The van der Waals surface area contributed by atoms with E-state index in [2.05, 4.69) is 179 Å². The number of nitrogens with zero attached hydrogens (tertiary/aromatic N) is 3. The lowest BCUT2D eigenvalue weighted by Gasteiger charge is -2.11. The molecule has 0 spiro atoms. The van der Waals surface area contributed by atoms with Crippen molar-refractivity contribution in [1.29, 1.82) is 0 Å². The van der Waals surface area contributed by atoms with Crippen LogP contribution in [0.4, 0.5) is 0 Å². The number of hydrogen-bond acceptors (Lipinski definition) is 0. The quantitative estimate of drug-likeness (QED) is 0.167. The topological polar surface area (TPSA) is 14.8 Å². The van der Waals surface area contributed by atoms with Crippen molar-refractivity contribution >= 4 is 65.4 Å². The third kappa shape index (κ3) is 4.86. The van der Waals surface area contributed by atoms with Gasteiger partial charge < -0.3 is 13.7 Å². The van der Waals surface area contributed by atoms with E-state index in [1.165, 1.54) is 10.8 Å². The molecule has 12 rings (SSSR count). The second kappa shape index (κ2) is 12.5. The van der Waals surface area contributed by atoms with Crippen LogP contribution in [0.1, 0.15) is 6.85 Å². The Kier molecular flexibility index (Phi) is 5.91. The van der Waals surface area contributed by atoms with Crippen molar-refractivity contribution in [3.8, 4) is 39.3 Å². The highest BCUT2D eigenvalue weighted by Crippen LogP contribution is 2.40. The van der Waals surface area contributed by atoms with E-state index in [9.17, 15) is 2.74 Å². The lowest BCUT2D eigenvalue weighted by molar-refractivity contribution is 1.18. The molecule has 0 aliphatic heterocycles. The molecule has 3 nitrogen and oxygen atoms in total. The zero-order chi connectivity index (χ0) is 41.8. The van der Waals surface area contributed by atoms with Gasteiger partial charge in [0.2, 0.25) is 0 Å². The molecule has 0 amide bonds. The van der Waals surface area contributed by atoms with Crippen LogP contribution in [0.15, 0.2) is 212 Å². The fraction of sp³-hybridized carbons (Fsp3) is 0. The number of benzene rings is 9. The first-order valence-electron chi connectivity index (χ1n) is 21.7. The van der Waals surface area contributed by atoms with Gasteiger partial charge in [0.1, 0.15) is 0 Å². The van der Waals surface area contributed by atoms with Crippen LogP contribution < -0.4 is 0 Å². The van der Waals surface area contributed by atoms with Crippen LogP contribution in [0, 0.1) is 0 Å². The SMILES string of the molecule is [2H]c1c([2H])c([2H])c(-n2c3cc(-c4ccc5c6ccccc6n(-c6ccccc6)c5c4)ccc3c3ccc(-c4ccc5c6ccccc6n(-c6ccccc6)c5c4)cc32)c([2H])c1[2H]. The fourth-order valence-corrected chi connectivity index (χ4v) is 8.98. The molecule has 0 atom stereocenters. The van der Waals surface area contributed by atoms with E-state index in [-0.39, 0.29) is 29.9 Å². The van der Waals surface area contributed by atoms with Gasteiger partial charge in [-0.2, -0.15) is 0 Å². The number of para-hydroxylation sites is 5. The molecule has 9 aromatic carbocycles. The van der Waals surface area contributed by atoms with Gasteiger partial charge >= 0.3 is 0 Å². The minimum atomic E-state index is -0.421. The van der Waals surface area contributed by atoms with Crippen LogP contribution in [0.2, 0.25) is 0 Å². The summed E-state index contributed by atoms with van der Waals surface area (Å²) in [4.78, 5) is 0. The van der Waals surface area contributed by atoms with Crippen LogP contribution in [0.5, 0.6) is 0 Å². The molecule has 0 N–H and O–H groups in total. The molecule has 0 aliphatic carbocycles. The predicted octanol–water partition coefficient (Wildman–Crippen LogP) is 14.3. The molecule has 0 unspecified atom stereocenters. The monoisotopic (exact) mass is 730 g/mol. The Bertz CT molecular complexity index is 3560. The van der Waals surface area contributed by atoms with Crippen LogP contribution in [0.25, 0.3) is 105 Å². The first-order chi connectivity index (χ1) is 30.4. The van der Waals surface area contributed by atoms with Crippen molar-refractivity contribution in [3.63, 3.8) is 0 Å². The van der Waals surface area contributed by atoms with Gasteiger partial charge in [0.05, 0.1) is 40.0 Å². The van der Waals surface area contributed by atoms with Gasteiger partial charge in [0.25, 0.3) is 0 Å². The molecule has 266 valence electrons. The summed E-state index contributed by atoms with van der Waals surface area (Å²) in [6.45, 7) is 0. The Hall–Kier alpha value is -7.62. The largest absolute Gasteiger partial charge is 0.309 e. The molecule has 3 heteroatoms. The van der Waals surface area contributed by atoms with E-state index < -0.39 is 6.04 Å². The van der Waals surface area contributed by atoms with Crippen molar-refractivity contribution in [2.45, 2.75) is 0 Å². The summed E-state index contributed by atoms with van der Waals surface area (Å²) in [6.07, 6.45) is 0. The lowest BCUT2D eigenvalue weighted by Crippen LogP contribution is -1.94. The molecule has 12 aromatic rings. The van der Waals surface area contributed by atoms with Crippen LogP contribution in [0.3, 0.4) is 0 Å². The fourth-order valence-electron chi connectivity index (χ4n) is 8.98. The third-order valence-corrected chi connectivity index (χ3v) is 11.5.